The maximum Gasteiger partial charge on any atom is 0.174 e. The first-order valence-electron chi connectivity index (χ1n) is 6.56. The first-order valence-corrected chi connectivity index (χ1v) is 8.23. The number of nitrogens with zero attached hydrogens (tertiary/aromatic N) is 4. The van der Waals surface area contributed by atoms with Gasteiger partial charge in [-0.05, 0) is 40.9 Å². The van der Waals surface area contributed by atoms with Crippen LogP contribution in [0.4, 0.5) is 0 Å². The van der Waals surface area contributed by atoms with Crippen LogP contribution in [0.25, 0.3) is 11.6 Å². The van der Waals surface area contributed by atoms with Crippen molar-refractivity contribution in [3.63, 3.8) is 0 Å². The molecule has 0 radical (unpaired) electrons. The third kappa shape index (κ3) is 2.69. The zero-order chi connectivity index (χ0) is 13.9. The van der Waals surface area contributed by atoms with Gasteiger partial charge in [0.15, 0.2) is 5.82 Å². The molecule has 0 bridgehead atoms. The molecule has 0 unspecified atom stereocenters. The van der Waals surface area contributed by atoms with E-state index in [9.17, 15) is 5.26 Å². The van der Waals surface area contributed by atoms with Crippen molar-refractivity contribution < 1.29 is 0 Å². The summed E-state index contributed by atoms with van der Waals surface area (Å²) in [6, 6.07) is 4.26. The second-order valence-electron chi connectivity index (χ2n) is 4.74. The van der Waals surface area contributed by atoms with Gasteiger partial charge in [-0.25, -0.2) is 0 Å². The molecule has 2 aromatic rings. The Balaban J connectivity index is 2.00. The van der Waals surface area contributed by atoms with E-state index in [1.54, 1.807) is 11.3 Å². The Morgan fingerprint density at radius 1 is 1.40 bits per heavy atom. The number of hydrogen-bond acceptors (Lipinski definition) is 4. The van der Waals surface area contributed by atoms with Gasteiger partial charge in [0.2, 0.25) is 0 Å². The Hall–Kier alpha value is -1.45. The minimum absolute atomic E-state index is 0.583. The highest BCUT2D eigenvalue weighted by atomic mass is 79.9. The number of fused-ring (bicyclic) bond motifs is 1. The Morgan fingerprint density at radius 3 is 3.05 bits per heavy atom. The summed E-state index contributed by atoms with van der Waals surface area (Å²) in [6.07, 6.45) is 6.34. The summed E-state index contributed by atoms with van der Waals surface area (Å²) in [5, 5.41) is 19.9. The van der Waals surface area contributed by atoms with E-state index < -0.39 is 0 Å². The average molecular weight is 349 g/mol. The van der Waals surface area contributed by atoms with E-state index in [1.165, 1.54) is 6.42 Å². The molecule has 1 aliphatic heterocycles. The smallest absolute Gasteiger partial charge is 0.174 e. The quantitative estimate of drug-likeness (QED) is 0.773. The molecule has 4 nitrogen and oxygen atoms in total. The molecule has 20 heavy (non-hydrogen) atoms. The molecule has 0 spiro atoms. The van der Waals surface area contributed by atoms with Gasteiger partial charge in [-0.3, -0.25) is 0 Å². The van der Waals surface area contributed by atoms with Crippen molar-refractivity contribution in [1.29, 1.82) is 5.26 Å². The highest BCUT2D eigenvalue weighted by Crippen LogP contribution is 2.25. The van der Waals surface area contributed by atoms with Gasteiger partial charge >= 0.3 is 0 Å². The van der Waals surface area contributed by atoms with E-state index in [-0.39, 0.29) is 0 Å². The van der Waals surface area contributed by atoms with Gasteiger partial charge in [-0.15, -0.1) is 21.5 Å². The fourth-order valence-electron chi connectivity index (χ4n) is 2.38. The minimum atomic E-state index is 0.583. The average Bonchev–Trinajstić information content (AvgIpc) is 2.96. The van der Waals surface area contributed by atoms with E-state index in [2.05, 4.69) is 36.8 Å². The maximum atomic E-state index is 9.43. The largest absolute Gasteiger partial charge is 0.310 e. The normalized spacial score (nSPS) is 15.5. The molecule has 2 aromatic heterocycles. The monoisotopic (exact) mass is 348 g/mol. The van der Waals surface area contributed by atoms with Crippen molar-refractivity contribution in [2.45, 2.75) is 32.2 Å². The van der Waals surface area contributed by atoms with E-state index in [1.807, 2.05) is 17.5 Å². The lowest BCUT2D eigenvalue weighted by Gasteiger charge is -2.05. The zero-order valence-electron chi connectivity index (χ0n) is 10.8. The maximum absolute atomic E-state index is 9.43. The van der Waals surface area contributed by atoms with Crippen LogP contribution < -0.4 is 0 Å². The van der Waals surface area contributed by atoms with E-state index in [0.29, 0.717) is 11.4 Å². The summed E-state index contributed by atoms with van der Waals surface area (Å²) in [6.45, 7) is 0.908. The predicted molar refractivity (Wildman–Crippen MR) is 83.1 cm³/mol. The second-order valence-corrected chi connectivity index (χ2v) is 6.60. The first-order chi connectivity index (χ1) is 9.78. The SMILES string of the molecule is N#C/C(=C\c1cc(Br)cs1)c1nnc2n1CCCCC2. The lowest BCUT2D eigenvalue weighted by molar-refractivity contribution is 0.627. The Labute approximate surface area is 129 Å². The molecule has 1 aliphatic rings. The van der Waals surface area contributed by atoms with Crippen LogP contribution in [0.2, 0.25) is 0 Å². The van der Waals surface area contributed by atoms with Crippen LogP contribution in [-0.4, -0.2) is 14.8 Å². The molecule has 0 atom stereocenters. The van der Waals surface area contributed by atoms with Gasteiger partial charge in [-0.1, -0.05) is 6.42 Å². The molecular formula is C14H13BrN4S. The number of rotatable bonds is 2. The molecule has 0 saturated carbocycles. The number of aryl methyl sites for hydroxylation is 1. The molecular weight excluding hydrogens is 336 g/mol. The molecule has 6 heteroatoms. The Bertz CT molecular complexity index is 692. The van der Waals surface area contributed by atoms with Crippen molar-refractivity contribution >= 4 is 38.9 Å². The van der Waals surface area contributed by atoms with Crippen molar-refractivity contribution in [3.8, 4) is 6.07 Å². The lowest BCUT2D eigenvalue weighted by atomic mass is 10.2. The topological polar surface area (TPSA) is 54.5 Å². The molecule has 0 N–H and O–H groups in total. The van der Waals surface area contributed by atoms with Crippen molar-refractivity contribution in [2.75, 3.05) is 0 Å². The van der Waals surface area contributed by atoms with Gasteiger partial charge in [-0.2, -0.15) is 5.26 Å². The number of aromatic nitrogens is 3. The number of allylic oxidation sites excluding steroid dienone is 1. The number of hydrogen-bond donors (Lipinski definition) is 0. The molecule has 3 rings (SSSR count). The summed E-state index contributed by atoms with van der Waals surface area (Å²) < 4.78 is 3.14. The summed E-state index contributed by atoms with van der Waals surface area (Å²) in [7, 11) is 0. The molecule has 0 aliphatic carbocycles. The summed E-state index contributed by atoms with van der Waals surface area (Å²) >= 11 is 5.03. The lowest BCUT2D eigenvalue weighted by Crippen LogP contribution is -2.05. The number of nitriles is 1. The van der Waals surface area contributed by atoms with Crippen LogP contribution in [0.5, 0.6) is 0 Å². The Morgan fingerprint density at radius 2 is 2.30 bits per heavy atom. The van der Waals surface area contributed by atoms with E-state index in [4.69, 9.17) is 0 Å². The fraction of sp³-hybridized carbons (Fsp3) is 0.357. The third-order valence-electron chi connectivity index (χ3n) is 3.35. The van der Waals surface area contributed by atoms with Gasteiger partial charge in [0.05, 0.1) is 5.57 Å². The van der Waals surface area contributed by atoms with Gasteiger partial charge in [0.25, 0.3) is 0 Å². The fourth-order valence-corrected chi connectivity index (χ4v) is 3.75. The molecule has 0 amide bonds. The van der Waals surface area contributed by atoms with Crippen LogP contribution >= 0.6 is 27.3 Å². The van der Waals surface area contributed by atoms with Crippen molar-refractivity contribution in [1.82, 2.24) is 14.8 Å². The molecule has 0 saturated heterocycles. The summed E-state index contributed by atoms with van der Waals surface area (Å²) in [5.41, 5.74) is 0.583. The molecule has 3 heterocycles. The van der Waals surface area contributed by atoms with Crippen LogP contribution in [0.15, 0.2) is 15.9 Å². The molecule has 102 valence electrons. The van der Waals surface area contributed by atoms with Crippen LogP contribution in [0.3, 0.4) is 0 Å². The predicted octanol–water partition coefficient (Wildman–Crippen LogP) is 3.89. The van der Waals surface area contributed by atoms with Gasteiger partial charge in [0, 0.05) is 27.7 Å². The number of halogens is 1. The highest BCUT2D eigenvalue weighted by molar-refractivity contribution is 9.10. The van der Waals surface area contributed by atoms with Crippen molar-refractivity contribution in [3.05, 3.63) is 32.4 Å². The van der Waals surface area contributed by atoms with Crippen LogP contribution in [-0.2, 0) is 13.0 Å². The van der Waals surface area contributed by atoms with Crippen LogP contribution in [0, 0.1) is 11.3 Å². The van der Waals surface area contributed by atoms with Crippen molar-refractivity contribution in [2.24, 2.45) is 0 Å². The van der Waals surface area contributed by atoms with E-state index in [0.717, 1.165) is 41.0 Å². The molecule has 0 fully saturated rings. The standard InChI is InChI=1S/C14H13BrN4S/c15-11-7-12(20-9-11)6-10(8-16)14-18-17-13-4-2-1-3-5-19(13)14/h6-7,9H,1-5H2/b10-6+. The van der Waals surface area contributed by atoms with E-state index >= 15 is 0 Å². The molecule has 0 aromatic carbocycles. The first kappa shape index (κ1) is 13.5. The zero-order valence-corrected chi connectivity index (χ0v) is 13.2. The second kappa shape index (κ2) is 5.90. The third-order valence-corrected chi connectivity index (χ3v) is 4.99. The summed E-state index contributed by atoms with van der Waals surface area (Å²) in [5.74, 6) is 1.71. The van der Waals surface area contributed by atoms with Gasteiger partial charge < -0.3 is 4.57 Å². The highest BCUT2D eigenvalue weighted by Gasteiger charge is 2.17. The van der Waals surface area contributed by atoms with Gasteiger partial charge in [0.1, 0.15) is 11.9 Å². The number of thiophene rings is 1. The van der Waals surface area contributed by atoms with Crippen LogP contribution in [0.1, 0.15) is 35.8 Å². The minimum Gasteiger partial charge on any atom is -0.310 e. The summed E-state index contributed by atoms with van der Waals surface area (Å²) in [4.78, 5) is 1.04. The Kier molecular flexibility index (Phi) is 3.99.